The zero-order valence-electron chi connectivity index (χ0n) is 11.5. The van der Waals surface area contributed by atoms with Crippen molar-refractivity contribution in [1.29, 1.82) is 0 Å². The van der Waals surface area contributed by atoms with Gasteiger partial charge in [0, 0.05) is 12.7 Å². The van der Waals surface area contributed by atoms with Crippen LogP contribution in [0.5, 0.6) is 0 Å². The van der Waals surface area contributed by atoms with Gasteiger partial charge in [0.05, 0.1) is 19.8 Å². The number of rotatable bonds is 4. The molecule has 0 aliphatic heterocycles. The van der Waals surface area contributed by atoms with Gasteiger partial charge >= 0.3 is 11.9 Å². The molecule has 18 heavy (non-hydrogen) atoms. The van der Waals surface area contributed by atoms with Crippen LogP contribution in [0.25, 0.3) is 0 Å². The SMILES string of the molecule is CCc1c(C(=O)OC)c(CC)n(C)c1C(=O)OC. The summed E-state index contributed by atoms with van der Waals surface area (Å²) in [7, 11) is 4.43. The lowest BCUT2D eigenvalue weighted by molar-refractivity contribution is 0.0587. The number of carbonyl (C=O) groups excluding carboxylic acids is 2. The zero-order chi connectivity index (χ0) is 13.9. The monoisotopic (exact) mass is 253 g/mol. The quantitative estimate of drug-likeness (QED) is 0.767. The van der Waals surface area contributed by atoms with E-state index in [0.29, 0.717) is 29.7 Å². The third-order valence-corrected chi connectivity index (χ3v) is 3.07. The molecule has 0 saturated carbocycles. The molecule has 1 aromatic heterocycles. The topological polar surface area (TPSA) is 57.5 Å². The van der Waals surface area contributed by atoms with Gasteiger partial charge in [0.1, 0.15) is 5.69 Å². The highest BCUT2D eigenvalue weighted by atomic mass is 16.5. The van der Waals surface area contributed by atoms with E-state index in [1.807, 2.05) is 13.8 Å². The van der Waals surface area contributed by atoms with Crippen LogP contribution in [0, 0.1) is 0 Å². The highest BCUT2D eigenvalue weighted by molar-refractivity contribution is 5.99. The van der Waals surface area contributed by atoms with Crippen LogP contribution >= 0.6 is 0 Å². The number of ether oxygens (including phenoxy) is 2. The average molecular weight is 253 g/mol. The molecule has 0 N–H and O–H groups in total. The lowest BCUT2D eigenvalue weighted by Crippen LogP contribution is -2.11. The molecule has 0 aliphatic carbocycles. The summed E-state index contributed by atoms with van der Waals surface area (Å²) >= 11 is 0. The Morgan fingerprint density at radius 3 is 2.00 bits per heavy atom. The van der Waals surface area contributed by atoms with Gasteiger partial charge in [-0.1, -0.05) is 13.8 Å². The smallest absolute Gasteiger partial charge is 0.354 e. The van der Waals surface area contributed by atoms with Gasteiger partial charge in [-0.25, -0.2) is 9.59 Å². The Bertz CT molecular complexity index is 474. The lowest BCUT2D eigenvalue weighted by Gasteiger charge is -2.05. The van der Waals surface area contributed by atoms with Crippen molar-refractivity contribution >= 4 is 11.9 Å². The number of esters is 2. The molecular weight excluding hydrogens is 234 g/mol. The van der Waals surface area contributed by atoms with Crippen molar-refractivity contribution in [2.45, 2.75) is 26.7 Å². The Morgan fingerprint density at radius 1 is 1.06 bits per heavy atom. The second-order valence-corrected chi connectivity index (χ2v) is 3.90. The van der Waals surface area contributed by atoms with E-state index < -0.39 is 11.9 Å². The van der Waals surface area contributed by atoms with Crippen LogP contribution < -0.4 is 0 Å². The van der Waals surface area contributed by atoms with Gasteiger partial charge in [-0.05, 0) is 18.4 Å². The van der Waals surface area contributed by atoms with E-state index in [1.165, 1.54) is 14.2 Å². The molecule has 1 aromatic rings. The predicted octanol–water partition coefficient (Wildman–Crippen LogP) is 1.72. The maximum atomic E-state index is 11.9. The lowest BCUT2D eigenvalue weighted by atomic mass is 10.1. The number of carbonyl (C=O) groups is 2. The van der Waals surface area contributed by atoms with Crippen molar-refractivity contribution in [2.24, 2.45) is 7.05 Å². The molecule has 0 amide bonds. The van der Waals surface area contributed by atoms with E-state index in [0.717, 1.165) is 5.69 Å². The molecule has 5 nitrogen and oxygen atoms in total. The Kier molecular flexibility index (Phi) is 4.53. The van der Waals surface area contributed by atoms with Crippen LogP contribution in [0.3, 0.4) is 0 Å². The van der Waals surface area contributed by atoms with Crippen molar-refractivity contribution in [2.75, 3.05) is 14.2 Å². The molecule has 0 aliphatic rings. The van der Waals surface area contributed by atoms with Gasteiger partial charge in [0.2, 0.25) is 0 Å². The molecule has 100 valence electrons. The van der Waals surface area contributed by atoms with Gasteiger partial charge < -0.3 is 14.0 Å². The van der Waals surface area contributed by atoms with E-state index in [2.05, 4.69) is 0 Å². The second kappa shape index (κ2) is 5.71. The van der Waals surface area contributed by atoms with E-state index in [-0.39, 0.29) is 0 Å². The molecule has 1 rings (SSSR count). The summed E-state index contributed by atoms with van der Waals surface area (Å²) in [6, 6.07) is 0. The molecule has 0 spiro atoms. The minimum absolute atomic E-state index is 0.408. The van der Waals surface area contributed by atoms with Crippen molar-refractivity contribution < 1.29 is 19.1 Å². The number of hydrogen-bond donors (Lipinski definition) is 0. The van der Waals surface area contributed by atoms with Crippen molar-refractivity contribution in [1.82, 2.24) is 4.57 Å². The van der Waals surface area contributed by atoms with Gasteiger partial charge in [0.25, 0.3) is 0 Å². The second-order valence-electron chi connectivity index (χ2n) is 3.90. The summed E-state index contributed by atoms with van der Waals surface area (Å²) in [6.07, 6.45) is 1.22. The maximum Gasteiger partial charge on any atom is 0.354 e. The molecule has 1 heterocycles. The van der Waals surface area contributed by atoms with Gasteiger partial charge in [0.15, 0.2) is 0 Å². The minimum atomic E-state index is -0.431. The van der Waals surface area contributed by atoms with Crippen LogP contribution in [-0.4, -0.2) is 30.7 Å². The Hall–Kier alpha value is -1.78. The van der Waals surface area contributed by atoms with Crippen LogP contribution in [-0.2, 0) is 29.4 Å². The third kappa shape index (κ3) is 2.12. The Labute approximate surface area is 107 Å². The molecule has 0 saturated heterocycles. The third-order valence-electron chi connectivity index (χ3n) is 3.07. The Balaban J connectivity index is 3.59. The molecule has 0 bridgehead atoms. The largest absolute Gasteiger partial charge is 0.465 e. The summed E-state index contributed by atoms with van der Waals surface area (Å²) in [5, 5.41) is 0. The molecule has 0 fully saturated rings. The number of methoxy groups -OCH3 is 2. The first-order valence-corrected chi connectivity index (χ1v) is 5.90. The first-order chi connectivity index (χ1) is 8.53. The highest BCUT2D eigenvalue weighted by Crippen LogP contribution is 2.25. The number of nitrogens with zero attached hydrogens (tertiary/aromatic N) is 1. The first kappa shape index (κ1) is 14.3. The van der Waals surface area contributed by atoms with E-state index in [4.69, 9.17) is 9.47 Å². The van der Waals surface area contributed by atoms with E-state index >= 15 is 0 Å². The summed E-state index contributed by atoms with van der Waals surface area (Å²) in [5.41, 5.74) is 2.40. The molecule has 0 radical (unpaired) electrons. The fourth-order valence-corrected chi connectivity index (χ4v) is 2.26. The van der Waals surface area contributed by atoms with Gasteiger partial charge in [-0.3, -0.25) is 0 Å². The summed E-state index contributed by atoms with van der Waals surface area (Å²) in [6.45, 7) is 3.83. The summed E-state index contributed by atoms with van der Waals surface area (Å²) in [5.74, 6) is -0.839. The van der Waals surface area contributed by atoms with Crippen LogP contribution in [0.4, 0.5) is 0 Å². The molecule has 0 unspecified atom stereocenters. The van der Waals surface area contributed by atoms with Gasteiger partial charge in [-0.2, -0.15) is 0 Å². The summed E-state index contributed by atoms with van der Waals surface area (Å²) in [4.78, 5) is 23.7. The maximum absolute atomic E-state index is 11.9. The number of aromatic nitrogens is 1. The number of hydrogen-bond acceptors (Lipinski definition) is 4. The normalized spacial score (nSPS) is 10.3. The zero-order valence-corrected chi connectivity index (χ0v) is 11.5. The van der Waals surface area contributed by atoms with E-state index in [1.54, 1.807) is 11.6 Å². The van der Waals surface area contributed by atoms with Crippen molar-refractivity contribution in [3.8, 4) is 0 Å². The van der Waals surface area contributed by atoms with Gasteiger partial charge in [-0.15, -0.1) is 0 Å². The van der Waals surface area contributed by atoms with Crippen molar-refractivity contribution in [3.05, 3.63) is 22.5 Å². The van der Waals surface area contributed by atoms with Crippen LogP contribution in [0.1, 0.15) is 46.0 Å². The molecule has 5 heteroatoms. The fourth-order valence-electron chi connectivity index (χ4n) is 2.26. The highest BCUT2D eigenvalue weighted by Gasteiger charge is 2.28. The molecular formula is C13H19NO4. The van der Waals surface area contributed by atoms with Crippen LogP contribution in [0.15, 0.2) is 0 Å². The Morgan fingerprint density at radius 2 is 1.61 bits per heavy atom. The molecule has 0 atom stereocenters. The minimum Gasteiger partial charge on any atom is -0.465 e. The predicted molar refractivity (Wildman–Crippen MR) is 66.8 cm³/mol. The van der Waals surface area contributed by atoms with Crippen LogP contribution in [0.2, 0.25) is 0 Å². The first-order valence-electron chi connectivity index (χ1n) is 5.90. The average Bonchev–Trinajstić information content (AvgIpc) is 2.68. The van der Waals surface area contributed by atoms with Crippen molar-refractivity contribution in [3.63, 3.8) is 0 Å². The molecule has 0 aromatic carbocycles. The summed E-state index contributed by atoms with van der Waals surface area (Å²) < 4.78 is 11.3. The van der Waals surface area contributed by atoms with E-state index in [9.17, 15) is 9.59 Å². The fraction of sp³-hybridized carbons (Fsp3) is 0.538. The standard InChI is InChI=1S/C13H19NO4/c1-6-8-10(12(15)17-4)9(7-2)14(3)11(8)13(16)18-5/h6-7H2,1-5H3.